The monoisotopic (exact) mass is 1130 g/mol. The fourth-order valence-corrected chi connectivity index (χ4v) is 10.2. The lowest BCUT2D eigenvalue weighted by atomic mass is 9.94. The molecular weight excluding hydrogens is 1070 g/mol. The summed E-state index contributed by atoms with van der Waals surface area (Å²) >= 11 is 0. The number of aliphatic carboxylic acids is 5. The first-order valence-corrected chi connectivity index (χ1v) is 26.6. The molecule has 21 nitrogen and oxygen atoms in total. The molecule has 0 amide bonds. The molecule has 14 aliphatic rings. The summed E-state index contributed by atoms with van der Waals surface area (Å²) in [5.74, 6) is -3.41. The van der Waals surface area contributed by atoms with Crippen LogP contribution in [0.3, 0.4) is 0 Å². The van der Waals surface area contributed by atoms with E-state index in [0.717, 1.165) is 50.1 Å². The van der Waals surface area contributed by atoms with Gasteiger partial charge in [0.1, 0.15) is 5.75 Å². The van der Waals surface area contributed by atoms with Gasteiger partial charge >= 0.3 is 29.8 Å². The van der Waals surface area contributed by atoms with E-state index in [-0.39, 0.29) is 136 Å². The average molecular weight is 1130 g/mol. The van der Waals surface area contributed by atoms with E-state index in [2.05, 4.69) is 0 Å². The van der Waals surface area contributed by atoms with Crippen LogP contribution in [-0.2, 0) is 62.5 Å². The third-order valence-corrected chi connectivity index (χ3v) is 14.0. The molecule has 82 heavy (non-hydrogen) atoms. The van der Waals surface area contributed by atoms with Gasteiger partial charge in [-0.25, -0.2) is 24.0 Å². The van der Waals surface area contributed by atoms with Crippen LogP contribution in [0.4, 0.5) is 0 Å². The van der Waals surface area contributed by atoms with Gasteiger partial charge in [-0.15, -0.1) is 0 Å². The molecule has 6 aromatic rings. The van der Waals surface area contributed by atoms with Crippen molar-refractivity contribution in [2.24, 2.45) is 0 Å². The minimum Gasteiger partial charge on any atom is -0.493 e. The van der Waals surface area contributed by atoms with E-state index < -0.39 is 62.9 Å². The van der Waals surface area contributed by atoms with Gasteiger partial charge in [0.25, 0.3) is 0 Å². The molecule has 0 unspecified atom stereocenters. The molecule has 18 bridgehead atoms. The average Bonchev–Trinajstić information content (AvgIpc) is 3.73. The van der Waals surface area contributed by atoms with Crippen molar-refractivity contribution in [3.63, 3.8) is 0 Å². The topological polar surface area (TPSA) is 288 Å². The van der Waals surface area contributed by atoms with Gasteiger partial charge in [0.2, 0.25) is 0 Å². The normalized spacial score (nSPS) is 14.4. The zero-order valence-corrected chi connectivity index (χ0v) is 44.4. The highest BCUT2D eigenvalue weighted by Gasteiger charge is 2.27. The lowest BCUT2D eigenvalue weighted by Gasteiger charge is -2.20. The van der Waals surface area contributed by atoms with Crippen molar-refractivity contribution in [3.05, 3.63) is 146 Å². The van der Waals surface area contributed by atoms with Crippen molar-refractivity contribution in [3.8, 4) is 63.2 Å². The molecule has 0 aromatic heterocycles. The van der Waals surface area contributed by atoms with E-state index in [1.165, 1.54) is 0 Å². The number of carboxylic acids is 5. The number of carbonyl (C=O) groups is 5. The van der Waals surface area contributed by atoms with E-state index in [9.17, 15) is 49.5 Å². The first-order valence-electron chi connectivity index (χ1n) is 26.6. The summed E-state index contributed by atoms with van der Waals surface area (Å²) in [5.41, 5.74) is 9.28. The molecule has 0 saturated carbocycles. The standard InChI is InChI=1S/C61H58O21/c62-57(63)29-78-52-24-37-13-35-18-46-5-4-34(35)12-36-19-47-53(79-30-58(64)65)25-42(36)14-38(37)20-49(52)75-10-3-11-77-51-22-40-16-43-26-54(80-31-59(66)67)48(73-7-1-6-72-46)21-39(43)15-44-27-55(81-32-60(68)69)50(76-9-2-8-74-47)23-41(44)17-45(40)28-56(51)82-33-61(70)71/h4-5,18-28H,1-3,6-17,29-33H2,(H,62,63)(H,64,65)(H,66,67)(H,68,69)(H,70,71). The van der Waals surface area contributed by atoms with Crippen LogP contribution in [-0.4, -0.2) is 128 Å². The number of hydrogen-bond acceptors (Lipinski definition) is 16. The molecule has 21 heteroatoms. The van der Waals surface area contributed by atoms with Crippen LogP contribution in [0, 0.1) is 0 Å². The molecule has 12 aliphatic heterocycles. The fraction of sp³-hybridized carbons (Fsp3) is 0.328. The highest BCUT2D eigenvalue weighted by Crippen LogP contribution is 2.43. The predicted octanol–water partition coefficient (Wildman–Crippen LogP) is 7.35. The van der Waals surface area contributed by atoms with E-state index in [1.807, 2.05) is 30.3 Å². The maximum absolute atomic E-state index is 12.0. The van der Waals surface area contributed by atoms with E-state index in [1.54, 1.807) is 48.5 Å². The maximum atomic E-state index is 12.0. The number of benzene rings is 6. The molecule has 0 radical (unpaired) electrons. The summed E-state index contributed by atoms with van der Waals surface area (Å²) in [5, 5.41) is 49.0. The van der Waals surface area contributed by atoms with Gasteiger partial charge in [-0.2, -0.15) is 0 Å². The van der Waals surface area contributed by atoms with Crippen molar-refractivity contribution >= 4 is 29.8 Å². The summed E-state index contributed by atoms with van der Waals surface area (Å²) in [6, 6.07) is 23.5. The molecule has 0 saturated heterocycles. The van der Waals surface area contributed by atoms with Crippen LogP contribution in [0.5, 0.6) is 63.2 Å². The largest absolute Gasteiger partial charge is 0.493 e. The summed E-state index contributed by atoms with van der Waals surface area (Å²) < 4.78 is 68.1. The second-order valence-corrected chi connectivity index (χ2v) is 19.9. The van der Waals surface area contributed by atoms with E-state index in [0.29, 0.717) is 41.7 Å². The Bertz CT molecular complexity index is 3410. The van der Waals surface area contributed by atoms with Crippen molar-refractivity contribution < 1.29 is 102 Å². The quantitative estimate of drug-likeness (QED) is 0.0670. The predicted molar refractivity (Wildman–Crippen MR) is 288 cm³/mol. The van der Waals surface area contributed by atoms with Crippen LogP contribution < -0.4 is 52.1 Å². The Morgan fingerprint density at radius 3 is 0.768 bits per heavy atom. The molecule has 428 valence electrons. The van der Waals surface area contributed by atoms with Gasteiger partial charge in [-0.1, -0.05) is 6.07 Å². The Kier molecular flexibility index (Phi) is 17.2. The van der Waals surface area contributed by atoms with E-state index >= 15 is 0 Å². The van der Waals surface area contributed by atoms with Gasteiger partial charge in [-0.3, -0.25) is 0 Å². The summed E-state index contributed by atoms with van der Waals surface area (Å²) in [4.78, 5) is 60.0. The second kappa shape index (κ2) is 25.3. The Balaban J connectivity index is 1.17. The molecule has 12 heterocycles. The number of hydrogen-bond donors (Lipinski definition) is 5. The van der Waals surface area contributed by atoms with Gasteiger partial charge in [0.15, 0.2) is 90.5 Å². The lowest BCUT2D eigenvalue weighted by molar-refractivity contribution is -0.140. The van der Waals surface area contributed by atoms with Crippen LogP contribution in [0.1, 0.15) is 86.0 Å². The second-order valence-electron chi connectivity index (χ2n) is 19.9. The molecule has 0 atom stereocenters. The van der Waals surface area contributed by atoms with Crippen molar-refractivity contribution in [1.29, 1.82) is 0 Å². The first-order chi connectivity index (χ1) is 39.7. The third-order valence-electron chi connectivity index (χ3n) is 14.0. The molecule has 0 fully saturated rings. The first kappa shape index (κ1) is 55.8. The summed E-state index contributed by atoms with van der Waals surface area (Å²) in [7, 11) is 0. The molecule has 6 aromatic carbocycles. The van der Waals surface area contributed by atoms with Gasteiger partial charge in [-0.05, 0) is 178 Å². The fourth-order valence-electron chi connectivity index (χ4n) is 10.2. The molecule has 20 rings (SSSR count). The zero-order valence-electron chi connectivity index (χ0n) is 44.4. The Hall–Kier alpha value is -9.53. The molecule has 2 aliphatic carbocycles. The summed E-state index contributed by atoms with van der Waals surface area (Å²) in [6.45, 7) is -2.87. The van der Waals surface area contributed by atoms with Crippen LogP contribution >= 0.6 is 0 Å². The van der Waals surface area contributed by atoms with Crippen molar-refractivity contribution in [2.45, 2.75) is 57.8 Å². The third kappa shape index (κ3) is 13.9. The summed E-state index contributed by atoms with van der Waals surface area (Å²) in [6.07, 6.45) is 2.63. The lowest BCUT2D eigenvalue weighted by Crippen LogP contribution is -2.14. The number of carboxylic acid groups (broad SMARTS) is 5. The van der Waals surface area contributed by atoms with Crippen LogP contribution in [0.25, 0.3) is 0 Å². The van der Waals surface area contributed by atoms with E-state index in [4.69, 9.17) is 52.1 Å². The van der Waals surface area contributed by atoms with Crippen molar-refractivity contribution in [2.75, 3.05) is 72.7 Å². The smallest absolute Gasteiger partial charge is 0.341 e. The Morgan fingerprint density at radius 2 is 0.512 bits per heavy atom. The SMILES string of the molecule is O=C(O)COc1cc2c3cc1OCCCOc1ccc4c(c1)Cc1cc(OCC(=O)O)c5cc1Cc1cc(OCC(=O)O)c(cc1C4)OCCCOc1cc(c(cc1OCC(=O)O)C3)Cc1cc(OCC(=O)O)c(cc1C2)OCCCO5. The van der Waals surface area contributed by atoms with Gasteiger partial charge in [0.05, 0.1) is 39.6 Å². The Labute approximate surface area is 469 Å². The van der Waals surface area contributed by atoms with Crippen LogP contribution in [0.15, 0.2) is 78.9 Å². The minimum absolute atomic E-state index is 0.0314. The molecule has 0 spiro atoms. The number of ether oxygens (including phenoxy) is 11. The highest BCUT2D eigenvalue weighted by atomic mass is 16.6. The Morgan fingerprint density at radius 1 is 0.293 bits per heavy atom. The van der Waals surface area contributed by atoms with Crippen LogP contribution in [0.2, 0.25) is 0 Å². The zero-order chi connectivity index (χ0) is 57.3. The molecular formula is C61H58O21. The molecule has 5 N–H and O–H groups in total. The highest BCUT2D eigenvalue weighted by molar-refractivity contribution is 5.71. The maximum Gasteiger partial charge on any atom is 0.341 e. The number of rotatable bonds is 15. The van der Waals surface area contributed by atoms with Crippen molar-refractivity contribution in [1.82, 2.24) is 0 Å². The van der Waals surface area contributed by atoms with Gasteiger partial charge in [0, 0.05) is 19.3 Å². The minimum atomic E-state index is -1.23. The van der Waals surface area contributed by atoms with Gasteiger partial charge < -0.3 is 77.6 Å².